The quantitative estimate of drug-likeness (QED) is 0.468. The number of benzene rings is 1. The third-order valence-corrected chi connectivity index (χ3v) is 11.5. The molecule has 0 unspecified atom stereocenters. The number of halogens is 1. The number of nitrogens with one attached hydrogen (secondary N) is 1. The highest BCUT2D eigenvalue weighted by Crippen LogP contribution is 2.63. The van der Waals surface area contributed by atoms with Gasteiger partial charge in [-0.05, 0) is 92.5 Å². The first-order chi connectivity index (χ1) is 19.2. The lowest BCUT2D eigenvalue weighted by Gasteiger charge is -2.54. The smallest absolute Gasteiger partial charge is 0.281 e. The maximum atomic E-state index is 13.4. The van der Waals surface area contributed by atoms with Gasteiger partial charge in [-0.3, -0.25) is 4.79 Å². The summed E-state index contributed by atoms with van der Waals surface area (Å²) < 4.78 is 41.2. The first kappa shape index (κ1) is 26.5. The molecule has 2 aromatic rings. The standard InChI is InChI=1S/C30H36ClN3O5S/c31-22-6-7-23(21-19-28(20-21)8-2-9-28)24(18-22)39-30(11-12-30)27(35)33-40(36,37)26-5-1-4-25(32-26)34-15-13-29(14-16-34)10-3-17-38-29/h1,4-7,18,21H,2-3,8-17,19-20H2,(H,33,35). The molecule has 2 spiro atoms. The van der Waals surface area contributed by atoms with Crippen molar-refractivity contribution < 1.29 is 22.7 Å². The number of hydrogen-bond acceptors (Lipinski definition) is 7. The molecule has 5 fully saturated rings. The monoisotopic (exact) mass is 585 g/mol. The van der Waals surface area contributed by atoms with Gasteiger partial charge in [-0.2, -0.15) is 8.42 Å². The number of anilines is 1. The molecule has 5 aliphatic rings. The number of carbonyl (C=O) groups is 1. The Morgan fingerprint density at radius 2 is 1.80 bits per heavy atom. The molecule has 10 heteroatoms. The van der Waals surface area contributed by atoms with E-state index in [0.717, 1.165) is 63.8 Å². The van der Waals surface area contributed by atoms with Crippen LogP contribution < -0.4 is 14.4 Å². The number of piperidine rings is 1. The fraction of sp³-hybridized carbons (Fsp3) is 0.600. The molecule has 0 atom stereocenters. The van der Waals surface area contributed by atoms with Crippen LogP contribution in [0.15, 0.2) is 41.4 Å². The second-order valence-electron chi connectivity index (χ2n) is 12.6. The van der Waals surface area contributed by atoms with Crippen LogP contribution in [-0.2, 0) is 19.6 Å². The van der Waals surface area contributed by atoms with Crippen molar-refractivity contribution in [3.63, 3.8) is 0 Å². The molecule has 8 nitrogen and oxygen atoms in total. The second-order valence-corrected chi connectivity index (χ2v) is 14.7. The summed E-state index contributed by atoms with van der Waals surface area (Å²) in [4.78, 5) is 19.9. The number of hydrogen-bond donors (Lipinski definition) is 1. The summed E-state index contributed by atoms with van der Waals surface area (Å²) in [6, 6.07) is 10.5. The number of rotatable bonds is 7. The highest BCUT2D eigenvalue weighted by Gasteiger charge is 2.55. The van der Waals surface area contributed by atoms with Gasteiger partial charge in [0.05, 0.1) is 5.60 Å². The Kier molecular flexibility index (Phi) is 6.37. The Balaban J connectivity index is 1.04. The summed E-state index contributed by atoms with van der Waals surface area (Å²) in [5.41, 5.74) is 0.299. The summed E-state index contributed by atoms with van der Waals surface area (Å²) >= 11 is 6.31. The van der Waals surface area contributed by atoms with Crippen molar-refractivity contribution in [1.29, 1.82) is 0 Å². The van der Waals surface area contributed by atoms with Crippen LogP contribution in [-0.4, -0.2) is 50.2 Å². The molecule has 1 N–H and O–H groups in total. The fourth-order valence-corrected chi connectivity index (χ4v) is 8.38. The summed E-state index contributed by atoms with van der Waals surface area (Å²) in [6.45, 7) is 2.32. The molecule has 1 aromatic carbocycles. The van der Waals surface area contributed by atoms with E-state index in [1.165, 1.54) is 25.3 Å². The van der Waals surface area contributed by atoms with Crippen LogP contribution >= 0.6 is 11.6 Å². The van der Waals surface area contributed by atoms with Crippen LogP contribution in [0.2, 0.25) is 5.02 Å². The summed E-state index contributed by atoms with van der Waals surface area (Å²) in [5, 5.41) is 0.361. The summed E-state index contributed by atoms with van der Waals surface area (Å²) in [5.74, 6) is 0.903. The summed E-state index contributed by atoms with van der Waals surface area (Å²) in [7, 11) is -4.19. The molecular formula is C30H36ClN3O5S. The van der Waals surface area contributed by atoms with Crippen LogP contribution in [0.3, 0.4) is 0 Å². The predicted molar refractivity (Wildman–Crippen MR) is 151 cm³/mol. The lowest BCUT2D eigenvalue weighted by molar-refractivity contribution is -0.128. The molecule has 3 saturated carbocycles. The zero-order valence-corrected chi connectivity index (χ0v) is 24.2. The first-order valence-corrected chi connectivity index (χ1v) is 16.5. The van der Waals surface area contributed by atoms with Gasteiger partial charge in [0.15, 0.2) is 10.6 Å². The molecule has 214 valence electrons. The Morgan fingerprint density at radius 3 is 2.45 bits per heavy atom. The number of pyridine rings is 1. The molecule has 0 bridgehead atoms. The molecule has 3 heterocycles. The van der Waals surface area contributed by atoms with Crippen molar-refractivity contribution in [2.45, 2.75) is 92.8 Å². The Labute approximate surface area is 240 Å². The third-order valence-electron chi connectivity index (χ3n) is 10.0. The third kappa shape index (κ3) is 4.77. The van der Waals surface area contributed by atoms with Gasteiger partial charge >= 0.3 is 0 Å². The Morgan fingerprint density at radius 1 is 1.02 bits per heavy atom. The van der Waals surface area contributed by atoms with Crippen molar-refractivity contribution in [2.24, 2.45) is 5.41 Å². The van der Waals surface area contributed by atoms with Crippen LogP contribution in [0.25, 0.3) is 0 Å². The van der Waals surface area contributed by atoms with Gasteiger partial charge < -0.3 is 14.4 Å². The molecule has 1 amide bonds. The number of ether oxygens (including phenoxy) is 2. The van der Waals surface area contributed by atoms with Crippen molar-refractivity contribution in [2.75, 3.05) is 24.6 Å². The van der Waals surface area contributed by atoms with Gasteiger partial charge in [0, 0.05) is 37.6 Å². The molecule has 3 aliphatic carbocycles. The highest BCUT2D eigenvalue weighted by molar-refractivity contribution is 7.90. The van der Waals surface area contributed by atoms with Gasteiger partial charge in [-0.25, -0.2) is 9.71 Å². The highest BCUT2D eigenvalue weighted by atomic mass is 35.5. The number of aromatic nitrogens is 1. The molecule has 2 saturated heterocycles. The average molecular weight is 586 g/mol. The molecule has 1 aromatic heterocycles. The predicted octanol–water partition coefficient (Wildman–Crippen LogP) is 5.35. The lowest BCUT2D eigenvalue weighted by atomic mass is 9.50. The normalized spacial score (nSPS) is 24.4. The summed E-state index contributed by atoms with van der Waals surface area (Å²) in [6.07, 6.45) is 11.0. The maximum absolute atomic E-state index is 13.4. The van der Waals surface area contributed by atoms with Gasteiger partial charge in [0.2, 0.25) is 0 Å². The molecule has 2 aliphatic heterocycles. The number of amides is 1. The van der Waals surface area contributed by atoms with Crippen LogP contribution in [0.5, 0.6) is 5.75 Å². The minimum absolute atomic E-state index is 0.0349. The van der Waals surface area contributed by atoms with Crippen molar-refractivity contribution >= 4 is 33.3 Å². The van der Waals surface area contributed by atoms with Gasteiger partial charge in [-0.1, -0.05) is 30.2 Å². The zero-order valence-electron chi connectivity index (χ0n) is 22.7. The van der Waals surface area contributed by atoms with E-state index in [9.17, 15) is 13.2 Å². The van der Waals surface area contributed by atoms with E-state index in [1.807, 2.05) is 18.2 Å². The van der Waals surface area contributed by atoms with E-state index in [-0.39, 0.29) is 10.6 Å². The molecule has 7 rings (SSSR count). The maximum Gasteiger partial charge on any atom is 0.281 e. The number of nitrogens with zero attached hydrogens (tertiary/aromatic N) is 2. The SMILES string of the molecule is O=C(NS(=O)(=O)c1cccc(N2CCC3(CCCO3)CC2)n1)C1(Oc2cc(Cl)ccc2C2CC3(CCC3)C2)CC1. The van der Waals surface area contributed by atoms with Crippen LogP contribution in [0, 0.1) is 5.41 Å². The van der Waals surface area contributed by atoms with E-state index in [1.54, 1.807) is 12.1 Å². The van der Waals surface area contributed by atoms with E-state index in [0.29, 0.717) is 40.8 Å². The average Bonchev–Trinajstić information content (AvgIpc) is 3.54. The lowest BCUT2D eigenvalue weighted by Crippen LogP contribution is -2.45. The van der Waals surface area contributed by atoms with Crippen molar-refractivity contribution in [1.82, 2.24) is 9.71 Å². The molecule has 40 heavy (non-hydrogen) atoms. The van der Waals surface area contributed by atoms with Crippen molar-refractivity contribution in [3.05, 3.63) is 47.0 Å². The minimum atomic E-state index is -4.19. The minimum Gasteiger partial charge on any atom is -0.477 e. The molecular weight excluding hydrogens is 550 g/mol. The van der Waals surface area contributed by atoms with Gasteiger partial charge in [-0.15, -0.1) is 0 Å². The van der Waals surface area contributed by atoms with Gasteiger partial charge in [0.25, 0.3) is 15.9 Å². The zero-order chi connectivity index (χ0) is 27.6. The molecule has 0 radical (unpaired) electrons. The van der Waals surface area contributed by atoms with Crippen molar-refractivity contribution in [3.8, 4) is 5.75 Å². The van der Waals surface area contributed by atoms with Crippen LogP contribution in [0.1, 0.15) is 82.1 Å². The van der Waals surface area contributed by atoms with E-state index in [4.69, 9.17) is 21.1 Å². The van der Waals surface area contributed by atoms with E-state index >= 15 is 0 Å². The number of carbonyl (C=O) groups excluding carboxylic acids is 1. The van der Waals surface area contributed by atoms with Gasteiger partial charge in [0.1, 0.15) is 11.6 Å². The topological polar surface area (TPSA) is 97.8 Å². The van der Waals surface area contributed by atoms with E-state index < -0.39 is 21.5 Å². The second kappa shape index (κ2) is 9.60. The van der Waals surface area contributed by atoms with E-state index in [2.05, 4.69) is 14.6 Å². The Bertz CT molecular complexity index is 1410. The van der Waals surface area contributed by atoms with Crippen LogP contribution in [0.4, 0.5) is 5.82 Å². The first-order valence-electron chi connectivity index (χ1n) is 14.6. The largest absolute Gasteiger partial charge is 0.477 e. The fourth-order valence-electron chi connectivity index (χ4n) is 7.21. The Hall–Kier alpha value is -2.36. The number of sulfonamides is 1.